The summed E-state index contributed by atoms with van der Waals surface area (Å²) in [6.45, 7) is 2.19. The van der Waals surface area contributed by atoms with Crippen LogP contribution in [0, 0.1) is 0 Å². The molecule has 152 valence electrons. The zero-order valence-electron chi connectivity index (χ0n) is 16.8. The smallest absolute Gasteiger partial charge is 0.173 e. The van der Waals surface area contributed by atoms with Gasteiger partial charge in [-0.25, -0.2) is 15.8 Å². The van der Waals surface area contributed by atoms with Crippen molar-refractivity contribution < 1.29 is 4.74 Å². The number of rotatable bonds is 7. The molecule has 7 nitrogen and oxygen atoms in total. The molecule has 4 rings (SSSR count). The second-order valence-electron chi connectivity index (χ2n) is 7.20. The minimum absolute atomic E-state index is 0.00118. The Kier molecular flexibility index (Phi) is 6.33. The molecule has 0 radical (unpaired) electrons. The highest BCUT2D eigenvalue weighted by atomic mass is 16.5. The number of hydrazine groups is 3. The molecule has 2 aliphatic heterocycles. The van der Waals surface area contributed by atoms with Gasteiger partial charge in [0.15, 0.2) is 6.23 Å². The standard InChI is InChI=1S/C22H28N6O/c1-3-6-20-19(22(29-2)24-14-23-20)13-15-9-11-16(12-10-15)17-7-4-5-8-18(17)21-25-27-28-26-21/h4-5,7-12,14,21-22,25-28H,3,6,13H2,1-2H3,(H,23,24). The van der Waals surface area contributed by atoms with Gasteiger partial charge in [0.25, 0.3) is 0 Å². The van der Waals surface area contributed by atoms with E-state index in [1.807, 2.05) is 0 Å². The van der Waals surface area contributed by atoms with Crippen molar-refractivity contribution >= 4 is 6.34 Å². The molecular weight excluding hydrogens is 364 g/mol. The Labute approximate surface area is 171 Å². The lowest BCUT2D eigenvalue weighted by Gasteiger charge is -2.24. The Morgan fingerprint density at radius 1 is 1.00 bits per heavy atom. The molecule has 1 atom stereocenters. The molecule has 1 fully saturated rings. The summed E-state index contributed by atoms with van der Waals surface area (Å²) in [6, 6.07) is 17.2. The highest BCUT2D eigenvalue weighted by molar-refractivity contribution is 5.68. The molecule has 7 heteroatoms. The molecule has 2 aliphatic rings. The fraction of sp³-hybridized carbons (Fsp3) is 0.318. The van der Waals surface area contributed by atoms with Crippen molar-refractivity contribution in [2.75, 3.05) is 7.11 Å². The van der Waals surface area contributed by atoms with E-state index in [0.717, 1.165) is 19.3 Å². The first-order valence-electron chi connectivity index (χ1n) is 10.0. The maximum Gasteiger partial charge on any atom is 0.173 e. The van der Waals surface area contributed by atoms with Gasteiger partial charge in [-0.05, 0) is 35.1 Å². The molecule has 1 unspecified atom stereocenters. The van der Waals surface area contributed by atoms with Crippen molar-refractivity contribution in [2.24, 2.45) is 4.99 Å². The number of hydrogen-bond donors (Lipinski definition) is 5. The Morgan fingerprint density at radius 3 is 2.48 bits per heavy atom. The highest BCUT2D eigenvalue weighted by Crippen LogP contribution is 2.29. The largest absolute Gasteiger partial charge is 0.356 e. The van der Waals surface area contributed by atoms with Gasteiger partial charge in [-0.1, -0.05) is 61.9 Å². The minimum atomic E-state index is -0.210. The summed E-state index contributed by atoms with van der Waals surface area (Å²) >= 11 is 0. The second kappa shape index (κ2) is 9.30. The molecule has 0 amide bonds. The summed E-state index contributed by atoms with van der Waals surface area (Å²) in [5.74, 6) is 0. The van der Waals surface area contributed by atoms with E-state index in [-0.39, 0.29) is 12.4 Å². The van der Waals surface area contributed by atoms with Crippen LogP contribution in [-0.2, 0) is 11.2 Å². The molecular formula is C22H28N6O. The van der Waals surface area contributed by atoms with Crippen molar-refractivity contribution in [1.29, 1.82) is 0 Å². The topological polar surface area (TPSA) is 81.7 Å². The number of ether oxygens (including phenoxy) is 1. The third-order valence-electron chi connectivity index (χ3n) is 5.28. The third kappa shape index (κ3) is 4.39. The van der Waals surface area contributed by atoms with Crippen LogP contribution in [0.25, 0.3) is 11.1 Å². The maximum atomic E-state index is 5.60. The summed E-state index contributed by atoms with van der Waals surface area (Å²) in [4.78, 5) is 4.44. The SMILES string of the molecule is CCCC1=C(Cc2ccc(-c3ccccc3C3NNNN3)cc2)C(OC)N=CN1. The molecule has 2 heterocycles. The van der Waals surface area contributed by atoms with Crippen LogP contribution in [0.1, 0.15) is 37.1 Å². The lowest BCUT2D eigenvalue weighted by atomic mass is 9.94. The Bertz CT molecular complexity index is 886. The normalized spacial score (nSPS) is 19.6. The fourth-order valence-corrected chi connectivity index (χ4v) is 3.84. The lowest BCUT2D eigenvalue weighted by Crippen LogP contribution is -2.33. The van der Waals surface area contributed by atoms with Gasteiger partial charge in [-0.3, -0.25) is 0 Å². The van der Waals surface area contributed by atoms with E-state index < -0.39 is 0 Å². The van der Waals surface area contributed by atoms with Gasteiger partial charge in [-0.15, -0.1) is 0 Å². The van der Waals surface area contributed by atoms with E-state index in [1.165, 1.54) is 33.5 Å². The van der Waals surface area contributed by atoms with Crippen molar-refractivity contribution in [3.8, 4) is 11.1 Å². The number of benzene rings is 2. The Morgan fingerprint density at radius 2 is 1.76 bits per heavy atom. The molecule has 0 spiro atoms. The van der Waals surface area contributed by atoms with Gasteiger partial charge in [0.05, 0.1) is 6.34 Å². The number of nitrogens with one attached hydrogen (secondary N) is 5. The van der Waals surface area contributed by atoms with Gasteiger partial charge in [0.2, 0.25) is 0 Å². The molecule has 2 aromatic rings. The van der Waals surface area contributed by atoms with E-state index in [2.05, 4.69) is 87.7 Å². The van der Waals surface area contributed by atoms with Crippen LogP contribution in [0.3, 0.4) is 0 Å². The summed E-state index contributed by atoms with van der Waals surface area (Å²) < 4.78 is 5.60. The maximum absolute atomic E-state index is 5.60. The molecule has 1 saturated heterocycles. The first kappa shape index (κ1) is 19.8. The average molecular weight is 393 g/mol. The first-order valence-corrected chi connectivity index (χ1v) is 10.0. The number of hydrogen-bond acceptors (Lipinski definition) is 7. The molecule has 5 N–H and O–H groups in total. The first-order chi connectivity index (χ1) is 14.3. The Hall–Kier alpha value is -2.55. The molecule has 29 heavy (non-hydrogen) atoms. The van der Waals surface area contributed by atoms with E-state index >= 15 is 0 Å². The van der Waals surface area contributed by atoms with Crippen LogP contribution >= 0.6 is 0 Å². The van der Waals surface area contributed by atoms with Crippen molar-refractivity contribution in [2.45, 2.75) is 38.6 Å². The van der Waals surface area contributed by atoms with Crippen LogP contribution in [0.2, 0.25) is 0 Å². The number of nitrogens with zero attached hydrogens (tertiary/aromatic N) is 1. The van der Waals surface area contributed by atoms with Crippen LogP contribution < -0.4 is 27.2 Å². The van der Waals surface area contributed by atoms with Crippen LogP contribution in [-0.4, -0.2) is 19.7 Å². The zero-order chi connectivity index (χ0) is 20.1. The van der Waals surface area contributed by atoms with Gasteiger partial charge in [0, 0.05) is 18.4 Å². The number of allylic oxidation sites excluding steroid dienone is 1. The molecule has 0 saturated carbocycles. The summed E-state index contributed by atoms with van der Waals surface area (Å²) in [6.07, 6.45) is 4.44. The number of aliphatic imine (C=N–C) groups is 1. The van der Waals surface area contributed by atoms with Gasteiger partial charge < -0.3 is 10.1 Å². The predicted molar refractivity (Wildman–Crippen MR) is 115 cm³/mol. The number of methoxy groups -OCH3 is 1. The summed E-state index contributed by atoms with van der Waals surface area (Å²) in [7, 11) is 1.71. The van der Waals surface area contributed by atoms with E-state index in [1.54, 1.807) is 13.4 Å². The lowest BCUT2D eigenvalue weighted by molar-refractivity contribution is 0.134. The predicted octanol–water partition coefficient (Wildman–Crippen LogP) is 2.67. The van der Waals surface area contributed by atoms with Gasteiger partial charge >= 0.3 is 0 Å². The van der Waals surface area contributed by atoms with Gasteiger partial charge in [-0.2, -0.15) is 11.1 Å². The Balaban J connectivity index is 1.57. The minimum Gasteiger partial charge on any atom is -0.356 e. The van der Waals surface area contributed by atoms with Gasteiger partial charge in [0.1, 0.15) is 6.17 Å². The van der Waals surface area contributed by atoms with Crippen molar-refractivity contribution in [3.63, 3.8) is 0 Å². The molecule has 0 aliphatic carbocycles. The van der Waals surface area contributed by atoms with E-state index in [9.17, 15) is 0 Å². The third-order valence-corrected chi connectivity index (χ3v) is 5.28. The van der Waals surface area contributed by atoms with Crippen molar-refractivity contribution in [3.05, 3.63) is 70.9 Å². The summed E-state index contributed by atoms with van der Waals surface area (Å²) in [5, 5.41) is 3.31. The van der Waals surface area contributed by atoms with E-state index in [4.69, 9.17) is 4.74 Å². The second-order valence-corrected chi connectivity index (χ2v) is 7.20. The quantitative estimate of drug-likeness (QED) is 0.498. The molecule has 0 bridgehead atoms. The highest BCUT2D eigenvalue weighted by Gasteiger charge is 2.21. The van der Waals surface area contributed by atoms with Crippen molar-refractivity contribution in [1.82, 2.24) is 27.2 Å². The average Bonchev–Trinajstić information content (AvgIpc) is 3.30. The van der Waals surface area contributed by atoms with Crippen LogP contribution in [0.4, 0.5) is 0 Å². The fourth-order valence-electron chi connectivity index (χ4n) is 3.84. The van der Waals surface area contributed by atoms with Crippen LogP contribution in [0.5, 0.6) is 0 Å². The molecule has 2 aromatic carbocycles. The monoisotopic (exact) mass is 392 g/mol. The van der Waals surface area contributed by atoms with E-state index in [0.29, 0.717) is 0 Å². The van der Waals surface area contributed by atoms with Crippen LogP contribution in [0.15, 0.2) is 64.8 Å². The zero-order valence-corrected chi connectivity index (χ0v) is 16.8. The molecule has 0 aromatic heterocycles. The summed E-state index contributed by atoms with van der Waals surface area (Å²) in [5.41, 5.74) is 19.3.